The Morgan fingerprint density at radius 3 is 2.38 bits per heavy atom. The van der Waals surface area contributed by atoms with E-state index in [0.717, 1.165) is 11.3 Å². The fourth-order valence-electron chi connectivity index (χ4n) is 2.03. The average molecular weight is 328 g/mol. The first kappa shape index (κ1) is 17.4. The molecule has 1 aromatic carbocycles. The smallest absolute Gasteiger partial charge is 0.358 e. The summed E-state index contributed by atoms with van der Waals surface area (Å²) in [6.45, 7) is 3.79. The Morgan fingerprint density at radius 1 is 1.12 bits per heavy atom. The second kappa shape index (κ2) is 8.05. The van der Waals surface area contributed by atoms with Crippen molar-refractivity contribution in [3.05, 3.63) is 47.7 Å². The van der Waals surface area contributed by atoms with E-state index < -0.39 is 5.97 Å². The van der Waals surface area contributed by atoms with Gasteiger partial charge in [0.05, 0.1) is 13.2 Å². The van der Waals surface area contributed by atoms with Crippen molar-refractivity contribution in [2.45, 2.75) is 26.3 Å². The Balaban J connectivity index is 2.00. The topological polar surface area (TPSA) is 93.2 Å². The molecule has 2 rings (SSSR count). The number of rotatable bonds is 6. The number of nitrogens with one attached hydrogen (secondary N) is 2. The van der Waals surface area contributed by atoms with Crippen LogP contribution in [0.15, 0.2) is 36.4 Å². The van der Waals surface area contributed by atoms with Gasteiger partial charge in [0.1, 0.15) is 5.82 Å². The molecule has 1 heterocycles. The second-order valence-corrected chi connectivity index (χ2v) is 5.19. The van der Waals surface area contributed by atoms with Crippen molar-refractivity contribution in [3.8, 4) is 0 Å². The van der Waals surface area contributed by atoms with Crippen molar-refractivity contribution in [2.24, 2.45) is 0 Å². The third-order valence-electron chi connectivity index (χ3n) is 3.44. The van der Waals surface area contributed by atoms with Gasteiger partial charge in [0.15, 0.2) is 5.69 Å². The van der Waals surface area contributed by atoms with Crippen molar-refractivity contribution >= 4 is 23.4 Å². The van der Waals surface area contributed by atoms with Gasteiger partial charge in [-0.15, -0.1) is 10.2 Å². The predicted octanol–water partition coefficient (Wildman–Crippen LogP) is 2.78. The van der Waals surface area contributed by atoms with Crippen LogP contribution in [0.1, 0.15) is 42.4 Å². The molecular weight excluding hydrogens is 308 g/mol. The second-order valence-electron chi connectivity index (χ2n) is 5.19. The first-order valence-corrected chi connectivity index (χ1v) is 7.62. The molecule has 0 aliphatic heterocycles. The largest absolute Gasteiger partial charge is 0.464 e. The van der Waals surface area contributed by atoms with Gasteiger partial charge in [0.25, 0.3) is 0 Å². The molecule has 0 radical (unpaired) electrons. The average Bonchev–Trinajstić information content (AvgIpc) is 2.62. The van der Waals surface area contributed by atoms with Crippen molar-refractivity contribution in [2.75, 3.05) is 17.7 Å². The number of carbonyl (C=O) groups excluding carboxylic acids is 2. The van der Waals surface area contributed by atoms with Crippen LogP contribution in [0, 0.1) is 0 Å². The molecule has 2 aromatic rings. The van der Waals surface area contributed by atoms with Gasteiger partial charge < -0.3 is 15.4 Å². The van der Waals surface area contributed by atoms with Crippen LogP contribution in [0.4, 0.5) is 11.5 Å². The van der Waals surface area contributed by atoms with Crippen molar-refractivity contribution in [1.82, 2.24) is 10.2 Å². The number of esters is 1. The summed E-state index contributed by atoms with van der Waals surface area (Å²) in [5.74, 6) is 0.0141. The molecule has 7 heteroatoms. The number of hydrogen-bond acceptors (Lipinski definition) is 6. The normalized spacial score (nSPS) is 11.5. The molecule has 2 N–H and O–H groups in total. The quantitative estimate of drug-likeness (QED) is 0.792. The third-order valence-corrected chi connectivity index (χ3v) is 3.44. The van der Waals surface area contributed by atoms with E-state index in [-0.39, 0.29) is 17.6 Å². The molecule has 0 aliphatic carbocycles. The number of hydrogen-bond donors (Lipinski definition) is 2. The maximum Gasteiger partial charge on any atom is 0.358 e. The molecule has 0 saturated carbocycles. The number of methoxy groups -OCH3 is 1. The third kappa shape index (κ3) is 4.52. The number of aromatic nitrogens is 2. The van der Waals surface area contributed by atoms with Gasteiger partial charge in [-0.25, -0.2) is 4.79 Å². The zero-order chi connectivity index (χ0) is 17.5. The van der Waals surface area contributed by atoms with E-state index in [1.165, 1.54) is 7.11 Å². The molecule has 0 saturated heterocycles. The number of amides is 1. The lowest BCUT2D eigenvalue weighted by Crippen LogP contribution is -2.12. The number of anilines is 2. The van der Waals surface area contributed by atoms with Gasteiger partial charge in [-0.2, -0.15) is 0 Å². The van der Waals surface area contributed by atoms with Crippen LogP contribution in [0.3, 0.4) is 0 Å². The summed E-state index contributed by atoms with van der Waals surface area (Å²) in [7, 11) is 1.30. The standard InChI is InChI=1S/C17H20N4O3/c1-4-16(22)19-13-7-5-12(6-8-13)11(2)18-15-10-9-14(20-21-15)17(23)24-3/h5-11H,4H2,1-3H3,(H,18,21)(H,19,22)/t11-/m1/s1. The zero-order valence-electron chi connectivity index (χ0n) is 13.9. The first-order chi connectivity index (χ1) is 11.5. The maximum absolute atomic E-state index is 11.4. The van der Waals surface area contributed by atoms with E-state index in [9.17, 15) is 9.59 Å². The lowest BCUT2D eigenvalue weighted by atomic mass is 10.1. The minimum Gasteiger partial charge on any atom is -0.464 e. The molecule has 0 unspecified atom stereocenters. The van der Waals surface area contributed by atoms with Gasteiger partial charge in [-0.3, -0.25) is 4.79 Å². The minimum atomic E-state index is -0.521. The van der Waals surface area contributed by atoms with Crippen molar-refractivity contribution in [3.63, 3.8) is 0 Å². The highest BCUT2D eigenvalue weighted by Gasteiger charge is 2.10. The Hall–Kier alpha value is -2.96. The van der Waals surface area contributed by atoms with Crippen molar-refractivity contribution < 1.29 is 14.3 Å². The van der Waals surface area contributed by atoms with Crippen LogP contribution in [0.25, 0.3) is 0 Å². The number of benzene rings is 1. The molecular formula is C17H20N4O3. The zero-order valence-corrected chi connectivity index (χ0v) is 13.9. The van der Waals surface area contributed by atoms with Crippen LogP contribution in [0.5, 0.6) is 0 Å². The first-order valence-electron chi connectivity index (χ1n) is 7.62. The SMILES string of the molecule is CCC(=O)Nc1ccc([C@@H](C)Nc2ccc(C(=O)OC)nn2)cc1. The summed E-state index contributed by atoms with van der Waals surface area (Å²) < 4.78 is 4.58. The number of carbonyl (C=O) groups is 2. The molecule has 7 nitrogen and oxygen atoms in total. The summed E-state index contributed by atoms with van der Waals surface area (Å²) >= 11 is 0. The molecule has 0 aliphatic rings. The molecule has 24 heavy (non-hydrogen) atoms. The van der Waals surface area contributed by atoms with E-state index in [1.807, 2.05) is 38.1 Å². The minimum absolute atomic E-state index is 0.0146. The number of nitrogens with zero attached hydrogens (tertiary/aromatic N) is 2. The van der Waals surface area contributed by atoms with Gasteiger partial charge in [-0.1, -0.05) is 19.1 Å². The molecule has 1 aromatic heterocycles. The molecule has 1 atom stereocenters. The Kier molecular flexibility index (Phi) is 5.83. The van der Waals surface area contributed by atoms with E-state index in [4.69, 9.17) is 0 Å². The van der Waals surface area contributed by atoms with Crippen LogP contribution in [-0.4, -0.2) is 29.2 Å². The number of ether oxygens (including phenoxy) is 1. The van der Waals surface area contributed by atoms with Gasteiger partial charge in [0.2, 0.25) is 5.91 Å². The van der Waals surface area contributed by atoms with Crippen LogP contribution >= 0.6 is 0 Å². The van der Waals surface area contributed by atoms with E-state index >= 15 is 0 Å². The van der Waals surface area contributed by atoms with Crippen molar-refractivity contribution in [1.29, 1.82) is 0 Å². The van der Waals surface area contributed by atoms with E-state index in [2.05, 4.69) is 25.6 Å². The monoisotopic (exact) mass is 328 g/mol. The highest BCUT2D eigenvalue weighted by Crippen LogP contribution is 2.19. The molecule has 0 bridgehead atoms. The Labute approximate surface area is 140 Å². The summed E-state index contributed by atoms with van der Waals surface area (Å²) in [5, 5.41) is 13.8. The fourth-order valence-corrected chi connectivity index (χ4v) is 2.03. The van der Waals surface area contributed by atoms with E-state index in [0.29, 0.717) is 12.2 Å². The van der Waals surface area contributed by atoms with Crippen LogP contribution in [-0.2, 0) is 9.53 Å². The predicted molar refractivity (Wildman–Crippen MR) is 90.8 cm³/mol. The lowest BCUT2D eigenvalue weighted by Gasteiger charge is -2.15. The van der Waals surface area contributed by atoms with Gasteiger partial charge in [-0.05, 0) is 36.8 Å². The highest BCUT2D eigenvalue weighted by molar-refractivity contribution is 5.90. The summed E-state index contributed by atoms with van der Waals surface area (Å²) in [4.78, 5) is 22.7. The molecule has 1 amide bonds. The molecule has 126 valence electrons. The summed E-state index contributed by atoms with van der Waals surface area (Å²) in [6, 6.07) is 10.8. The fraction of sp³-hybridized carbons (Fsp3) is 0.294. The Bertz CT molecular complexity index is 699. The molecule has 0 fully saturated rings. The summed E-state index contributed by atoms with van der Waals surface area (Å²) in [5.41, 5.74) is 1.95. The molecule has 0 spiro atoms. The Morgan fingerprint density at radius 2 is 1.83 bits per heavy atom. The lowest BCUT2D eigenvalue weighted by molar-refractivity contribution is -0.115. The highest BCUT2D eigenvalue weighted by atomic mass is 16.5. The van der Waals surface area contributed by atoms with Gasteiger partial charge in [0, 0.05) is 12.1 Å². The van der Waals surface area contributed by atoms with Crippen LogP contribution < -0.4 is 10.6 Å². The summed E-state index contributed by atoms with van der Waals surface area (Å²) in [6.07, 6.45) is 0.444. The maximum atomic E-state index is 11.4. The van der Waals surface area contributed by atoms with Gasteiger partial charge >= 0.3 is 5.97 Å². The van der Waals surface area contributed by atoms with E-state index in [1.54, 1.807) is 12.1 Å². The van der Waals surface area contributed by atoms with Crippen LogP contribution in [0.2, 0.25) is 0 Å².